The number of nitrogens with zero attached hydrogens (tertiary/aromatic N) is 3. The second kappa shape index (κ2) is 6.58. The number of alkyl halides is 4. The second-order valence-electron chi connectivity index (χ2n) is 4.33. The summed E-state index contributed by atoms with van der Waals surface area (Å²) >= 11 is 11.7. The number of nitrogens with two attached hydrogens (primary N) is 1. The van der Waals surface area contributed by atoms with Gasteiger partial charge in [0.15, 0.2) is 11.7 Å². The number of nitrogen functional groups attached to an aromatic ring is 1. The molecule has 0 bridgehead atoms. The molecule has 1 aromatic carbocycles. The minimum Gasteiger partial charge on any atom is -0.383 e. The van der Waals surface area contributed by atoms with E-state index in [0.717, 1.165) is 4.68 Å². The predicted octanol–water partition coefficient (Wildman–Crippen LogP) is 3.69. The molecule has 0 aliphatic carbocycles. The van der Waals surface area contributed by atoms with E-state index in [-0.39, 0.29) is 10.6 Å². The van der Waals surface area contributed by atoms with Crippen molar-refractivity contribution >= 4 is 39.8 Å². The van der Waals surface area contributed by atoms with Gasteiger partial charge in [0.1, 0.15) is 22.5 Å². The maximum absolute atomic E-state index is 12.7. The van der Waals surface area contributed by atoms with E-state index in [9.17, 15) is 21.8 Å². The molecule has 2 rings (SSSR count). The Hall–Kier alpha value is -1.83. The van der Waals surface area contributed by atoms with Gasteiger partial charge in [-0.3, -0.25) is 4.21 Å². The number of hydrogen-bond donors (Lipinski definition) is 1. The number of hydrogen-bond acceptors (Lipinski definition) is 4. The Kier molecular flexibility index (Phi) is 5.08. The third kappa shape index (κ3) is 3.19. The molecular formula is C12H6Cl2F4N4OS. The smallest absolute Gasteiger partial charge is 0.383 e. The Bertz CT molecular complexity index is 852. The Balaban J connectivity index is 2.73. The first kappa shape index (κ1) is 18.5. The maximum atomic E-state index is 12.7. The van der Waals surface area contributed by atoms with Crippen LogP contribution in [0.15, 0.2) is 17.0 Å². The SMILES string of the molecule is N#Cc1nn(-c2c(Cl)cc(C(F)(F)F)cc2Cl)c(N)c1S(=O)CF. The number of aromatic nitrogens is 2. The molecule has 0 aliphatic rings. The summed E-state index contributed by atoms with van der Waals surface area (Å²) in [6.07, 6.45) is -4.68. The van der Waals surface area contributed by atoms with Crippen LogP contribution in [-0.2, 0) is 17.0 Å². The molecule has 12 heteroatoms. The molecule has 0 saturated carbocycles. The average molecular weight is 401 g/mol. The Labute approximate surface area is 145 Å². The Morgan fingerprint density at radius 1 is 1.33 bits per heavy atom. The van der Waals surface area contributed by atoms with Gasteiger partial charge in [-0.15, -0.1) is 0 Å². The summed E-state index contributed by atoms with van der Waals surface area (Å²) in [5, 5.41) is 11.8. The minimum absolute atomic E-state index is 0.248. The zero-order chi connectivity index (χ0) is 18.2. The molecule has 2 N–H and O–H groups in total. The lowest BCUT2D eigenvalue weighted by Gasteiger charge is -2.13. The van der Waals surface area contributed by atoms with Gasteiger partial charge in [0.25, 0.3) is 0 Å². The molecule has 1 atom stereocenters. The van der Waals surface area contributed by atoms with Gasteiger partial charge in [-0.05, 0) is 12.1 Å². The van der Waals surface area contributed by atoms with Crippen molar-refractivity contribution in [2.45, 2.75) is 11.1 Å². The third-order valence-corrected chi connectivity index (χ3v) is 4.50. The zero-order valence-electron chi connectivity index (χ0n) is 11.4. The summed E-state index contributed by atoms with van der Waals surface area (Å²) in [7, 11) is -2.26. The first-order chi connectivity index (χ1) is 11.1. The summed E-state index contributed by atoms with van der Waals surface area (Å²) in [6.45, 7) is 0. The predicted molar refractivity (Wildman–Crippen MR) is 80.1 cm³/mol. The van der Waals surface area contributed by atoms with Crippen LogP contribution in [0.25, 0.3) is 5.69 Å². The number of rotatable bonds is 3. The van der Waals surface area contributed by atoms with Crippen molar-refractivity contribution in [3.8, 4) is 11.8 Å². The van der Waals surface area contributed by atoms with Crippen LogP contribution >= 0.6 is 23.2 Å². The molecule has 0 saturated heterocycles. The zero-order valence-corrected chi connectivity index (χ0v) is 13.7. The second-order valence-corrected chi connectivity index (χ2v) is 6.46. The van der Waals surface area contributed by atoms with E-state index in [1.807, 2.05) is 0 Å². The molecule has 1 aromatic heterocycles. The van der Waals surface area contributed by atoms with Crippen LogP contribution in [0.3, 0.4) is 0 Å². The lowest BCUT2D eigenvalue weighted by molar-refractivity contribution is -0.137. The largest absolute Gasteiger partial charge is 0.416 e. The molecule has 5 nitrogen and oxygen atoms in total. The van der Waals surface area contributed by atoms with Gasteiger partial charge < -0.3 is 5.73 Å². The molecule has 1 unspecified atom stereocenters. The van der Waals surface area contributed by atoms with Gasteiger partial charge in [-0.2, -0.15) is 23.5 Å². The normalized spacial score (nSPS) is 12.9. The highest BCUT2D eigenvalue weighted by Crippen LogP contribution is 2.39. The van der Waals surface area contributed by atoms with E-state index in [1.165, 1.54) is 0 Å². The highest BCUT2D eigenvalue weighted by molar-refractivity contribution is 7.85. The summed E-state index contributed by atoms with van der Waals surface area (Å²) in [5.41, 5.74) is 3.91. The summed E-state index contributed by atoms with van der Waals surface area (Å²) in [5.74, 6) is -0.411. The fourth-order valence-corrected chi connectivity index (χ4v) is 3.25. The van der Waals surface area contributed by atoms with E-state index < -0.39 is 50.1 Å². The van der Waals surface area contributed by atoms with Gasteiger partial charge in [0.2, 0.25) is 0 Å². The van der Waals surface area contributed by atoms with Crippen LogP contribution in [0.5, 0.6) is 0 Å². The van der Waals surface area contributed by atoms with Crippen LogP contribution in [-0.4, -0.2) is 20.0 Å². The van der Waals surface area contributed by atoms with E-state index in [1.54, 1.807) is 6.07 Å². The van der Waals surface area contributed by atoms with Crippen molar-refractivity contribution < 1.29 is 21.8 Å². The van der Waals surface area contributed by atoms with E-state index in [2.05, 4.69) is 5.10 Å². The third-order valence-electron chi connectivity index (χ3n) is 2.86. The van der Waals surface area contributed by atoms with Gasteiger partial charge in [-0.1, -0.05) is 23.2 Å². The average Bonchev–Trinajstić information content (AvgIpc) is 2.81. The van der Waals surface area contributed by atoms with Crippen molar-refractivity contribution in [3.63, 3.8) is 0 Å². The van der Waals surface area contributed by atoms with Crippen LogP contribution < -0.4 is 5.73 Å². The van der Waals surface area contributed by atoms with Crippen LogP contribution in [0.1, 0.15) is 11.3 Å². The van der Waals surface area contributed by atoms with E-state index >= 15 is 0 Å². The fourth-order valence-electron chi connectivity index (χ4n) is 1.87. The maximum Gasteiger partial charge on any atom is 0.416 e. The molecule has 0 amide bonds. The molecule has 0 fully saturated rings. The van der Waals surface area contributed by atoms with Crippen molar-refractivity contribution in [1.82, 2.24) is 9.78 Å². The molecule has 0 radical (unpaired) electrons. The topological polar surface area (TPSA) is 84.7 Å². The first-order valence-electron chi connectivity index (χ1n) is 5.91. The number of halogens is 6. The highest BCUT2D eigenvalue weighted by atomic mass is 35.5. The fraction of sp³-hybridized carbons (Fsp3) is 0.167. The molecule has 0 spiro atoms. The van der Waals surface area contributed by atoms with E-state index in [4.69, 9.17) is 34.2 Å². The molecule has 1 heterocycles. The van der Waals surface area contributed by atoms with Crippen molar-refractivity contribution in [1.29, 1.82) is 5.26 Å². The van der Waals surface area contributed by atoms with Crippen LogP contribution in [0, 0.1) is 11.3 Å². The summed E-state index contributed by atoms with van der Waals surface area (Å²) in [4.78, 5) is -0.382. The lowest BCUT2D eigenvalue weighted by atomic mass is 10.2. The summed E-state index contributed by atoms with van der Waals surface area (Å²) in [6, 6.07) is 1.46. The molecule has 0 aliphatic heterocycles. The van der Waals surface area contributed by atoms with Crippen molar-refractivity contribution in [2.75, 3.05) is 11.7 Å². The molecular weight excluding hydrogens is 395 g/mol. The highest BCUT2D eigenvalue weighted by Gasteiger charge is 2.33. The van der Waals surface area contributed by atoms with E-state index in [0.29, 0.717) is 12.1 Å². The van der Waals surface area contributed by atoms with Crippen LogP contribution in [0.2, 0.25) is 10.0 Å². The lowest BCUT2D eigenvalue weighted by Crippen LogP contribution is -2.09. The number of benzene rings is 1. The number of anilines is 1. The van der Waals surface area contributed by atoms with Gasteiger partial charge in [0.05, 0.1) is 26.4 Å². The standard InChI is InChI=1S/C12H6Cl2F4N4OS/c13-6-1-5(12(16,17)18)2-7(14)9(6)22-11(20)10(24(23)4-15)8(3-19)21-22/h1-2H,4,20H2. The molecule has 24 heavy (non-hydrogen) atoms. The van der Waals surface area contributed by atoms with Crippen molar-refractivity contribution in [3.05, 3.63) is 33.4 Å². The van der Waals surface area contributed by atoms with Gasteiger partial charge in [-0.25, -0.2) is 9.07 Å². The van der Waals surface area contributed by atoms with Crippen LogP contribution in [0.4, 0.5) is 23.4 Å². The van der Waals surface area contributed by atoms with Gasteiger partial charge in [0, 0.05) is 0 Å². The summed E-state index contributed by atoms with van der Waals surface area (Å²) < 4.78 is 63.3. The minimum atomic E-state index is -4.68. The molecule has 2 aromatic rings. The van der Waals surface area contributed by atoms with Gasteiger partial charge >= 0.3 is 6.18 Å². The Morgan fingerprint density at radius 2 is 1.88 bits per heavy atom. The van der Waals surface area contributed by atoms with Crippen molar-refractivity contribution in [2.24, 2.45) is 0 Å². The molecule has 128 valence electrons. The Morgan fingerprint density at radius 3 is 2.29 bits per heavy atom. The monoisotopic (exact) mass is 400 g/mol. The first-order valence-corrected chi connectivity index (χ1v) is 7.98. The number of nitriles is 1. The quantitative estimate of drug-likeness (QED) is 0.796.